The Kier molecular flexibility index (Phi) is 4.81. The molecule has 4 amide bonds. The molecule has 24 heavy (non-hydrogen) atoms. The topological polar surface area (TPSA) is 138 Å². The Morgan fingerprint density at radius 2 is 1.54 bits per heavy atom. The fourth-order valence-electron chi connectivity index (χ4n) is 2.42. The first-order chi connectivity index (χ1) is 11.1. The lowest BCUT2D eigenvalue weighted by Gasteiger charge is -2.27. The monoisotopic (exact) mass is 354 g/mol. The number of carbonyl (C=O) groups excluding carboxylic acids is 4. The number of benzene rings is 1. The zero-order chi connectivity index (χ0) is 18.1. The van der Waals surface area contributed by atoms with Crippen LogP contribution in [0.25, 0.3) is 0 Å². The van der Waals surface area contributed by atoms with Crippen LogP contribution < -0.4 is 5.32 Å². The lowest BCUT2D eigenvalue weighted by molar-refractivity contribution is -0.136. The Morgan fingerprint density at radius 3 is 1.96 bits per heavy atom. The second-order valence-electron chi connectivity index (χ2n) is 5.23. The zero-order valence-corrected chi connectivity index (χ0v) is 13.4. The van der Waals surface area contributed by atoms with Gasteiger partial charge in [-0.05, 0) is 18.6 Å². The zero-order valence-electron chi connectivity index (χ0n) is 12.6. The SMILES string of the molecule is CS(=O)(=O)O.O=C1CCC(N2C(=O)c3ccccc3C2=O)C(=O)N1. The van der Waals surface area contributed by atoms with Crippen molar-refractivity contribution in [3.8, 4) is 0 Å². The van der Waals surface area contributed by atoms with E-state index in [0.717, 1.165) is 4.90 Å². The molecule has 0 bridgehead atoms. The molecule has 2 heterocycles. The van der Waals surface area contributed by atoms with Crippen LogP contribution in [0, 0.1) is 0 Å². The lowest BCUT2D eigenvalue weighted by atomic mass is 10.0. The summed E-state index contributed by atoms with van der Waals surface area (Å²) in [5, 5.41) is 2.15. The van der Waals surface area contributed by atoms with Crippen LogP contribution in [0.3, 0.4) is 0 Å². The number of nitrogens with zero attached hydrogens (tertiary/aromatic N) is 1. The van der Waals surface area contributed by atoms with Crippen LogP contribution in [0.4, 0.5) is 0 Å². The molecule has 1 fully saturated rings. The Bertz CT molecular complexity index is 788. The van der Waals surface area contributed by atoms with Gasteiger partial charge in [-0.1, -0.05) is 12.1 Å². The first kappa shape index (κ1) is 17.8. The standard InChI is InChI=1S/C13H10N2O4.CH4O3S/c16-10-6-5-9(11(17)14-10)15-12(18)7-3-1-2-4-8(7)13(15)19;1-5(2,3)4/h1-4,9H,5-6H2,(H,14,16,17);1H3,(H,2,3,4). The van der Waals surface area contributed by atoms with Crippen molar-refractivity contribution >= 4 is 33.7 Å². The summed E-state index contributed by atoms with van der Waals surface area (Å²) < 4.78 is 25.9. The normalized spacial score (nSPS) is 20.2. The average Bonchev–Trinajstić information content (AvgIpc) is 2.71. The molecule has 10 heteroatoms. The Morgan fingerprint density at radius 1 is 1.08 bits per heavy atom. The van der Waals surface area contributed by atoms with E-state index >= 15 is 0 Å². The summed E-state index contributed by atoms with van der Waals surface area (Å²) in [6, 6.07) is 5.55. The maximum atomic E-state index is 12.2. The van der Waals surface area contributed by atoms with Gasteiger partial charge < -0.3 is 0 Å². The first-order valence-electron chi connectivity index (χ1n) is 6.82. The predicted molar refractivity (Wildman–Crippen MR) is 80.6 cm³/mol. The number of imide groups is 2. The van der Waals surface area contributed by atoms with Crippen LogP contribution >= 0.6 is 0 Å². The van der Waals surface area contributed by atoms with E-state index in [1.165, 1.54) is 0 Å². The molecule has 0 radical (unpaired) electrons. The number of hydrogen-bond acceptors (Lipinski definition) is 6. The van der Waals surface area contributed by atoms with Crippen LogP contribution in [0.15, 0.2) is 24.3 Å². The largest absolute Gasteiger partial charge is 0.295 e. The number of fused-ring (bicyclic) bond motifs is 1. The van der Waals surface area contributed by atoms with Crippen LogP contribution in [0.1, 0.15) is 33.6 Å². The van der Waals surface area contributed by atoms with Crippen molar-refractivity contribution in [1.82, 2.24) is 10.2 Å². The van der Waals surface area contributed by atoms with Gasteiger partial charge in [0.05, 0.1) is 17.4 Å². The number of piperidine rings is 1. The second kappa shape index (κ2) is 6.49. The minimum absolute atomic E-state index is 0.129. The molecule has 1 saturated heterocycles. The average molecular weight is 354 g/mol. The minimum Gasteiger partial charge on any atom is -0.295 e. The Hall–Kier alpha value is -2.59. The first-order valence-corrected chi connectivity index (χ1v) is 8.67. The van der Waals surface area contributed by atoms with Gasteiger partial charge in [0.1, 0.15) is 6.04 Å². The van der Waals surface area contributed by atoms with Gasteiger partial charge in [-0.3, -0.25) is 33.9 Å². The highest BCUT2D eigenvalue weighted by atomic mass is 32.2. The molecule has 128 valence electrons. The lowest BCUT2D eigenvalue weighted by Crippen LogP contribution is -2.54. The number of amides is 4. The molecule has 2 aliphatic rings. The summed E-state index contributed by atoms with van der Waals surface area (Å²) in [6.07, 6.45) is 1.02. The van der Waals surface area contributed by atoms with E-state index in [2.05, 4.69) is 5.32 Å². The molecule has 1 unspecified atom stereocenters. The highest BCUT2D eigenvalue weighted by molar-refractivity contribution is 7.85. The van der Waals surface area contributed by atoms with Crippen molar-refractivity contribution in [3.63, 3.8) is 0 Å². The smallest absolute Gasteiger partial charge is 0.262 e. The van der Waals surface area contributed by atoms with Gasteiger partial charge in [-0.25, -0.2) is 0 Å². The van der Waals surface area contributed by atoms with Crippen LogP contribution in [0.5, 0.6) is 0 Å². The highest BCUT2D eigenvalue weighted by Crippen LogP contribution is 2.26. The summed E-state index contributed by atoms with van der Waals surface area (Å²) in [7, 11) is -3.67. The molecular weight excluding hydrogens is 340 g/mol. The molecule has 1 aromatic rings. The van der Waals surface area contributed by atoms with E-state index in [-0.39, 0.29) is 18.7 Å². The maximum absolute atomic E-state index is 12.2. The summed E-state index contributed by atoms with van der Waals surface area (Å²) >= 11 is 0. The quantitative estimate of drug-likeness (QED) is 0.516. The Labute approximate surface area is 137 Å². The van der Waals surface area contributed by atoms with Gasteiger partial charge in [0.25, 0.3) is 21.9 Å². The second-order valence-corrected chi connectivity index (χ2v) is 6.69. The molecule has 0 spiro atoms. The third-order valence-electron chi connectivity index (χ3n) is 3.35. The molecular formula is C14H14N2O7S. The van der Waals surface area contributed by atoms with E-state index in [1.54, 1.807) is 24.3 Å². The van der Waals surface area contributed by atoms with Crippen molar-refractivity contribution in [2.75, 3.05) is 6.26 Å². The van der Waals surface area contributed by atoms with E-state index in [0.29, 0.717) is 17.4 Å². The molecule has 1 aromatic carbocycles. The predicted octanol–water partition coefficient (Wildman–Crippen LogP) is -0.408. The van der Waals surface area contributed by atoms with Crippen molar-refractivity contribution in [2.24, 2.45) is 0 Å². The van der Waals surface area contributed by atoms with Crippen molar-refractivity contribution < 1.29 is 32.1 Å². The van der Waals surface area contributed by atoms with E-state index in [1.807, 2.05) is 0 Å². The van der Waals surface area contributed by atoms with Gasteiger partial charge >= 0.3 is 0 Å². The maximum Gasteiger partial charge on any atom is 0.262 e. The summed E-state index contributed by atoms with van der Waals surface area (Å²) in [5.41, 5.74) is 0.606. The third kappa shape index (κ3) is 3.84. The van der Waals surface area contributed by atoms with E-state index in [4.69, 9.17) is 4.55 Å². The fourth-order valence-corrected chi connectivity index (χ4v) is 2.42. The van der Waals surface area contributed by atoms with Gasteiger partial charge in [-0.15, -0.1) is 0 Å². The van der Waals surface area contributed by atoms with E-state index in [9.17, 15) is 27.6 Å². The summed E-state index contributed by atoms with van der Waals surface area (Å²) in [6.45, 7) is 0. The molecule has 9 nitrogen and oxygen atoms in total. The Balaban J connectivity index is 0.000000368. The minimum atomic E-state index is -3.67. The molecule has 0 aromatic heterocycles. The molecule has 0 aliphatic carbocycles. The van der Waals surface area contributed by atoms with Gasteiger partial charge in [0.2, 0.25) is 11.8 Å². The number of rotatable bonds is 1. The molecule has 2 aliphatic heterocycles. The van der Waals surface area contributed by atoms with Crippen molar-refractivity contribution in [1.29, 1.82) is 0 Å². The summed E-state index contributed by atoms with van der Waals surface area (Å²) in [5.74, 6) is -1.92. The van der Waals surface area contributed by atoms with Crippen molar-refractivity contribution in [3.05, 3.63) is 35.4 Å². The van der Waals surface area contributed by atoms with E-state index < -0.39 is 33.9 Å². The molecule has 1 atom stereocenters. The van der Waals surface area contributed by atoms with Crippen molar-refractivity contribution in [2.45, 2.75) is 18.9 Å². The molecule has 2 N–H and O–H groups in total. The van der Waals surface area contributed by atoms with Gasteiger partial charge in [0, 0.05) is 6.42 Å². The molecule has 3 rings (SSSR count). The summed E-state index contributed by atoms with van der Waals surface area (Å²) in [4.78, 5) is 48.1. The fraction of sp³-hybridized carbons (Fsp3) is 0.286. The number of hydrogen-bond donors (Lipinski definition) is 2. The van der Waals surface area contributed by atoms with Crippen LogP contribution in [-0.4, -0.2) is 53.8 Å². The van der Waals surface area contributed by atoms with Crippen LogP contribution in [0.2, 0.25) is 0 Å². The highest BCUT2D eigenvalue weighted by Gasteiger charge is 2.44. The van der Waals surface area contributed by atoms with Crippen LogP contribution in [-0.2, 0) is 19.7 Å². The number of nitrogens with one attached hydrogen (secondary N) is 1. The molecule has 0 saturated carbocycles. The van der Waals surface area contributed by atoms with Gasteiger partial charge in [-0.2, -0.15) is 8.42 Å². The third-order valence-corrected chi connectivity index (χ3v) is 3.35. The number of carbonyl (C=O) groups is 4. The van der Waals surface area contributed by atoms with Gasteiger partial charge in [0.15, 0.2) is 0 Å².